The maximum atomic E-state index is 2.81. The maximum Gasteiger partial charge on any atom is 0.252 e. The van der Waals surface area contributed by atoms with Crippen molar-refractivity contribution in [3.63, 3.8) is 0 Å². The number of benzene rings is 10. The van der Waals surface area contributed by atoms with Crippen LogP contribution < -0.4 is 26.2 Å². The van der Waals surface area contributed by atoms with Crippen LogP contribution in [0.1, 0.15) is 167 Å². The van der Waals surface area contributed by atoms with Crippen LogP contribution in [0.25, 0.3) is 61.2 Å². The van der Waals surface area contributed by atoms with Gasteiger partial charge in [0.05, 0.1) is 11.4 Å². The molecule has 0 N–H and O–H groups in total. The lowest BCUT2D eigenvalue weighted by Gasteiger charge is -2.48. The van der Waals surface area contributed by atoms with Crippen molar-refractivity contribution in [1.29, 1.82) is 0 Å². The second kappa shape index (κ2) is 25.6. The zero-order valence-electron chi connectivity index (χ0n) is 62.0. The van der Waals surface area contributed by atoms with Gasteiger partial charge in [0.15, 0.2) is 0 Å². The molecule has 2 saturated carbocycles. The highest BCUT2D eigenvalue weighted by atomic mass is 15.2. The van der Waals surface area contributed by atoms with Crippen molar-refractivity contribution < 1.29 is 0 Å². The van der Waals surface area contributed by atoms with Gasteiger partial charge in [-0.1, -0.05) is 319 Å². The highest BCUT2D eigenvalue weighted by molar-refractivity contribution is 7.00. The average molecular weight is 1340 g/mol. The molecule has 2 nitrogen and oxygen atoms in total. The first kappa shape index (κ1) is 65.3. The van der Waals surface area contributed by atoms with Gasteiger partial charge in [0.2, 0.25) is 0 Å². The van der Waals surface area contributed by atoms with E-state index < -0.39 is 0 Å². The van der Waals surface area contributed by atoms with Crippen LogP contribution in [0.4, 0.5) is 34.1 Å². The van der Waals surface area contributed by atoms with Crippen molar-refractivity contribution >= 4 is 62.8 Å². The van der Waals surface area contributed by atoms with Crippen LogP contribution in [-0.4, -0.2) is 6.71 Å². The minimum absolute atomic E-state index is 0.0499. The summed E-state index contributed by atoms with van der Waals surface area (Å²) in [5, 5.41) is 0. The Morgan fingerprint density at radius 2 is 0.845 bits per heavy atom. The minimum atomic E-state index is -0.264. The van der Waals surface area contributed by atoms with Crippen LogP contribution in [0.15, 0.2) is 289 Å². The van der Waals surface area contributed by atoms with Gasteiger partial charge in [-0.05, 0) is 215 Å². The van der Waals surface area contributed by atoms with Gasteiger partial charge in [-0.25, -0.2) is 0 Å². The molecule has 2 fully saturated rings. The first-order valence-corrected chi connectivity index (χ1v) is 39.0. The Bertz CT molecular complexity index is 5060. The molecular formula is C100H97BN2. The molecule has 2 aliphatic heterocycles. The van der Waals surface area contributed by atoms with Crippen LogP contribution in [0.5, 0.6) is 0 Å². The Labute approximate surface area is 614 Å². The molecule has 3 heteroatoms. The molecule has 6 aliphatic carbocycles. The SMILES string of the molecule is CC(C)(C)C1=CC2=C(c3ccc4c(c3)B3c5ccc(-c6ccccc6)cc5N(c5c(-c6ccccc6)cc(C6CCCCC6)cc5-c5ccccc5)c5cc(C(C)(C)C)cc(c53)N4c3c(-c4ccccc4)cc(C4CCCCC4)cc3-c3ccccc3)C=C3C=C(C(C)(C)C)CC4C=CC(=C1)C2C34. The first-order valence-electron chi connectivity index (χ1n) is 39.0. The summed E-state index contributed by atoms with van der Waals surface area (Å²) >= 11 is 0. The molecule has 18 rings (SSSR count). The van der Waals surface area contributed by atoms with Crippen LogP contribution in [0, 0.1) is 28.6 Å². The third-order valence-corrected chi connectivity index (χ3v) is 24.9. The van der Waals surface area contributed by atoms with Gasteiger partial charge in [-0.2, -0.15) is 0 Å². The van der Waals surface area contributed by atoms with Crippen LogP contribution in [0.3, 0.4) is 0 Å². The smallest absolute Gasteiger partial charge is 0.252 e. The highest BCUT2D eigenvalue weighted by Crippen LogP contribution is 2.60. The Balaban J connectivity index is 1.000. The Hall–Kier alpha value is -9.70. The van der Waals surface area contributed by atoms with E-state index in [4.69, 9.17) is 0 Å². The number of anilines is 6. The van der Waals surface area contributed by atoms with Crippen molar-refractivity contribution in [3.05, 3.63) is 311 Å². The third kappa shape index (κ3) is 11.5. The summed E-state index contributed by atoms with van der Waals surface area (Å²) in [5.41, 5.74) is 37.7. The van der Waals surface area contributed by atoms with Gasteiger partial charge in [0.25, 0.3) is 6.71 Å². The number of rotatable bonds is 10. The van der Waals surface area contributed by atoms with E-state index >= 15 is 0 Å². The van der Waals surface area contributed by atoms with Crippen LogP contribution in [0.2, 0.25) is 0 Å². The van der Waals surface area contributed by atoms with E-state index in [9.17, 15) is 0 Å². The van der Waals surface area contributed by atoms with E-state index in [0.717, 1.165) is 6.42 Å². The summed E-state index contributed by atoms with van der Waals surface area (Å²) in [4.78, 5) is 5.61. The molecule has 0 bridgehead atoms. The maximum absolute atomic E-state index is 2.81. The molecule has 3 atom stereocenters. The Morgan fingerprint density at radius 1 is 0.369 bits per heavy atom. The predicted octanol–water partition coefficient (Wildman–Crippen LogP) is 25.9. The first-order chi connectivity index (χ1) is 50.0. The lowest BCUT2D eigenvalue weighted by molar-refractivity contribution is 0.328. The number of fused-ring (bicyclic) bond motifs is 4. The monoisotopic (exact) mass is 1340 g/mol. The third-order valence-electron chi connectivity index (χ3n) is 24.9. The lowest BCUT2D eigenvalue weighted by Crippen LogP contribution is -2.61. The number of allylic oxidation sites excluding steroid dienone is 12. The summed E-state index contributed by atoms with van der Waals surface area (Å²) < 4.78 is 0. The normalized spacial score (nSPS) is 19.4. The summed E-state index contributed by atoms with van der Waals surface area (Å²) in [6, 6.07) is 88.3. The standard InChI is InChI=1S/C100H97BN2/c1-98(2,3)78-51-73-45-46-74-52-79(99(4,5)6)61-86-81(58-77(53-78)93(73)94(74)86)72-48-50-89-88(59-72)101-87-49-47-71(64-31-17-10-18-32-64)60-90(87)103(97-84(69-41-27-15-28-42-69)56-76(66-35-21-12-22-36-66)57-85(97)70-43-29-16-30-44-70)92-63-80(100(7,8)9)62-91(95(92)101)102(89)96-82(67-37-23-13-24-38-67)54-75(65-33-19-11-20-34-65)55-83(96)68-39-25-14-26-40-68/h10,13-18,23-32,37-50,52-63,65-66,73,93-94H,11-12,19-22,33-36,51H2,1-9H3. The highest BCUT2D eigenvalue weighted by Gasteiger charge is 2.49. The van der Waals surface area contributed by atoms with E-state index in [0.29, 0.717) is 23.7 Å². The van der Waals surface area contributed by atoms with E-state index in [-0.39, 0.29) is 28.9 Å². The van der Waals surface area contributed by atoms with Crippen molar-refractivity contribution in [2.45, 2.75) is 150 Å². The summed E-state index contributed by atoms with van der Waals surface area (Å²) in [6.45, 7) is 21.6. The molecule has 103 heavy (non-hydrogen) atoms. The fourth-order valence-electron chi connectivity index (χ4n) is 19.4. The van der Waals surface area contributed by atoms with Gasteiger partial charge in [0, 0.05) is 56.8 Å². The second-order valence-corrected chi connectivity index (χ2v) is 34.4. The van der Waals surface area contributed by atoms with Gasteiger partial charge in [-0.3, -0.25) is 0 Å². The van der Waals surface area contributed by atoms with Gasteiger partial charge >= 0.3 is 0 Å². The molecule has 0 radical (unpaired) electrons. The minimum Gasteiger partial charge on any atom is -0.310 e. The molecule has 0 amide bonds. The summed E-state index contributed by atoms with van der Waals surface area (Å²) in [5.74, 6) is 2.05. The van der Waals surface area contributed by atoms with Crippen LogP contribution in [-0.2, 0) is 5.41 Å². The van der Waals surface area contributed by atoms with E-state index in [1.165, 1.54) is 220 Å². The molecular weight excluding hydrogens is 1240 g/mol. The van der Waals surface area contributed by atoms with Crippen molar-refractivity contribution in [2.24, 2.45) is 28.6 Å². The second-order valence-electron chi connectivity index (χ2n) is 34.4. The van der Waals surface area contributed by atoms with Gasteiger partial charge in [-0.15, -0.1) is 0 Å². The number of hydrogen-bond acceptors (Lipinski definition) is 2. The van der Waals surface area contributed by atoms with E-state index in [2.05, 4.69) is 333 Å². The lowest BCUT2D eigenvalue weighted by atomic mass is 9.33. The van der Waals surface area contributed by atoms with Crippen molar-refractivity contribution in [1.82, 2.24) is 0 Å². The topological polar surface area (TPSA) is 6.48 Å². The molecule has 510 valence electrons. The molecule has 2 heterocycles. The van der Waals surface area contributed by atoms with Crippen LogP contribution >= 0.6 is 0 Å². The fraction of sp³-hybridized carbons (Fsp3) is 0.280. The molecule has 10 aromatic carbocycles. The fourth-order valence-corrected chi connectivity index (χ4v) is 19.4. The van der Waals surface area contributed by atoms with Gasteiger partial charge < -0.3 is 9.80 Å². The summed E-state index contributed by atoms with van der Waals surface area (Å²) in [7, 11) is 0. The zero-order valence-corrected chi connectivity index (χ0v) is 62.0. The quantitative estimate of drug-likeness (QED) is 0.126. The Morgan fingerprint density at radius 3 is 1.32 bits per heavy atom. The average Bonchev–Trinajstić information content (AvgIpc) is 0.690. The van der Waals surface area contributed by atoms with E-state index in [1.807, 2.05) is 0 Å². The number of hydrogen-bond donors (Lipinski definition) is 0. The predicted molar refractivity (Wildman–Crippen MR) is 440 cm³/mol. The molecule has 3 unspecified atom stereocenters. The number of nitrogens with zero attached hydrogens (tertiary/aromatic N) is 2. The summed E-state index contributed by atoms with van der Waals surface area (Å²) in [6.07, 6.45) is 29.3. The largest absolute Gasteiger partial charge is 0.310 e. The van der Waals surface area contributed by atoms with Crippen molar-refractivity contribution in [2.75, 3.05) is 9.80 Å². The molecule has 8 aliphatic rings. The van der Waals surface area contributed by atoms with Crippen molar-refractivity contribution in [3.8, 4) is 55.6 Å². The van der Waals surface area contributed by atoms with Gasteiger partial charge in [0.1, 0.15) is 0 Å². The molecule has 0 saturated heterocycles. The Kier molecular flexibility index (Phi) is 16.3. The zero-order chi connectivity index (χ0) is 70.0. The molecule has 10 aromatic rings. The molecule has 0 aromatic heterocycles. The molecule has 0 spiro atoms. The van der Waals surface area contributed by atoms with E-state index in [1.54, 1.807) is 5.57 Å².